The number of piperazine rings is 1. The second kappa shape index (κ2) is 51.2. The summed E-state index contributed by atoms with van der Waals surface area (Å²) in [7, 11) is 11.3. The Hall–Kier alpha value is -9.57. The van der Waals surface area contributed by atoms with Gasteiger partial charge in [0.15, 0.2) is 0 Å². The van der Waals surface area contributed by atoms with Crippen LogP contribution in [0.2, 0.25) is 0 Å². The minimum atomic E-state index is -0.359. The van der Waals surface area contributed by atoms with Gasteiger partial charge >= 0.3 is 0 Å². The summed E-state index contributed by atoms with van der Waals surface area (Å²) in [6, 6.07) is 56.2. The van der Waals surface area contributed by atoms with E-state index < -0.39 is 0 Å². The fraction of sp³-hybridized carbons (Fsp3) is 0.574. The lowest BCUT2D eigenvalue weighted by atomic mass is 9.86. The molecule has 13 rings (SSSR count). The summed E-state index contributed by atoms with van der Waals surface area (Å²) < 4.78 is 10.6. The van der Waals surface area contributed by atoms with Gasteiger partial charge in [-0.15, -0.1) is 0 Å². The number of aliphatic hydroxyl groups is 2. The van der Waals surface area contributed by atoms with Crippen LogP contribution in [-0.2, 0) is 76.3 Å². The smallest absolute Gasteiger partial charge is 0.257 e. The van der Waals surface area contributed by atoms with Crippen molar-refractivity contribution in [2.75, 3.05) is 154 Å². The predicted molar refractivity (Wildman–Crippen MR) is 553 cm³/mol. The first-order chi connectivity index (χ1) is 63.1. The van der Waals surface area contributed by atoms with E-state index >= 15 is 0 Å². The summed E-state index contributed by atoms with van der Waals surface area (Å²) in [5.74, 6) is 2.11. The topological polar surface area (TPSA) is 208 Å². The van der Waals surface area contributed by atoms with Gasteiger partial charge in [0.25, 0.3) is 23.6 Å². The Balaban J connectivity index is 0.000000215. The fourth-order valence-corrected chi connectivity index (χ4v) is 16.6. The fourth-order valence-electron chi connectivity index (χ4n) is 16.6. The van der Waals surface area contributed by atoms with Crippen LogP contribution in [0.1, 0.15) is 300 Å². The van der Waals surface area contributed by atoms with Crippen LogP contribution in [-0.4, -0.2) is 262 Å². The van der Waals surface area contributed by atoms with Gasteiger partial charge in [0.2, 0.25) is 17.7 Å². The molecule has 20 nitrogen and oxygen atoms in total. The number of amides is 7. The number of hydrogen-bond acceptors (Lipinski definition) is 13. The molecule has 7 aromatic carbocycles. The number of β-amino-alcohol motifs (C(OH)–C–C–N with tert-alkyl or cyclic N) is 1. The van der Waals surface area contributed by atoms with Crippen molar-refractivity contribution in [1.82, 2.24) is 44.1 Å². The van der Waals surface area contributed by atoms with Gasteiger partial charge in [0.1, 0.15) is 5.75 Å². The monoisotopic (exact) mass is 1850 g/mol. The van der Waals surface area contributed by atoms with E-state index in [1.54, 1.807) is 31.0 Å². The van der Waals surface area contributed by atoms with Crippen molar-refractivity contribution in [3.63, 3.8) is 0 Å². The molecule has 0 spiro atoms. The van der Waals surface area contributed by atoms with Crippen LogP contribution < -0.4 is 4.74 Å². The maximum absolute atomic E-state index is 12.5. The standard InChI is InChI=1S/C18H28N2O.C17H26N2O.2C17H25NO2.C17H25NO.C15H21NO2.C14H21NO2/c1-18(2,3)16-8-5-15(6-9-16)7-10-17(21)20-13-11-19(4)12-14-20;1-17(2,3)14-8-6-13(7-9-14)16(20)19-11-10-15(12-19)18(4)5;1-17(2,3)15-7-4-14(5-8-15)6-9-16(19)18-10-12-20-13-11-18;1-17(2,3)15-6-4-14(5-7-15)16(20)18-10-8-13(12-19)9-11-18;1-17(2,3)15-9-6-14(7-10-15)8-11-16(19)18-12-4-5-13-18;1-15(2,3)12-6-4-11(5-7-12)14(18)16-9-8-13(17)10-16;1-14(2,3)10-7-8-11(12(9-10)17-6)13(16)15(4)5/h5-6,8-9H,7,10-14H2,1-4H3;6-9,15H,10-12H2,1-5H3;4-5,7-8H,6,9-13H2,1-3H3;4-7,13,19H,8-12H2,1-3H3;6-7,9-10H,4-5,8,11-13H2,1-3H3;4-7,13,17H,8-10H2,1-3H3;7-9H,1-6H3. The van der Waals surface area contributed by atoms with Crippen molar-refractivity contribution in [2.24, 2.45) is 5.92 Å². The van der Waals surface area contributed by atoms with Crippen LogP contribution >= 0.6 is 0 Å². The summed E-state index contributed by atoms with van der Waals surface area (Å²) >= 11 is 0. The number of nitrogens with zero attached hydrogens (tertiary/aromatic N) is 9. The number of likely N-dealkylation sites (N-methyl/N-ethyl adjacent to an activating group) is 2. The van der Waals surface area contributed by atoms with E-state index in [9.17, 15) is 38.7 Å². The molecule has 0 saturated carbocycles. The van der Waals surface area contributed by atoms with Crippen molar-refractivity contribution in [3.05, 3.63) is 242 Å². The van der Waals surface area contributed by atoms with Crippen LogP contribution in [0.4, 0.5) is 0 Å². The van der Waals surface area contributed by atoms with E-state index in [0.29, 0.717) is 92.6 Å². The zero-order valence-corrected chi connectivity index (χ0v) is 87.9. The van der Waals surface area contributed by atoms with Crippen LogP contribution in [0.5, 0.6) is 5.75 Å². The first-order valence-corrected chi connectivity index (χ1v) is 49.6. The number of aryl methyl sites for hydroxylation is 3. The van der Waals surface area contributed by atoms with E-state index in [1.807, 2.05) is 103 Å². The average molecular weight is 1860 g/mol. The minimum absolute atomic E-state index is 0.0204. The molecule has 0 radical (unpaired) electrons. The van der Waals surface area contributed by atoms with Crippen LogP contribution in [0.3, 0.4) is 0 Å². The van der Waals surface area contributed by atoms with Crippen molar-refractivity contribution in [1.29, 1.82) is 0 Å². The van der Waals surface area contributed by atoms with Gasteiger partial charge in [0, 0.05) is 154 Å². The predicted octanol–water partition coefficient (Wildman–Crippen LogP) is 19.5. The molecule has 6 saturated heterocycles. The lowest BCUT2D eigenvalue weighted by Gasteiger charge is -2.32. The Labute approximate surface area is 813 Å². The number of likely N-dealkylation sites (tertiary alicyclic amines) is 4. The molecule has 7 aromatic rings. The molecule has 6 aliphatic rings. The molecule has 135 heavy (non-hydrogen) atoms. The first-order valence-electron chi connectivity index (χ1n) is 49.6. The van der Waals surface area contributed by atoms with Gasteiger partial charge in [-0.2, -0.15) is 0 Å². The molecule has 20 heteroatoms. The Morgan fingerprint density at radius 3 is 0.970 bits per heavy atom. The first kappa shape index (κ1) is 112. The van der Waals surface area contributed by atoms with Gasteiger partial charge in [-0.3, -0.25) is 33.6 Å². The van der Waals surface area contributed by atoms with Gasteiger partial charge in [-0.25, -0.2) is 0 Å². The maximum Gasteiger partial charge on any atom is 0.257 e. The Bertz CT molecular complexity index is 4820. The molecule has 0 aromatic heterocycles. The lowest BCUT2D eigenvalue weighted by molar-refractivity contribution is -0.135. The number of ether oxygens (including phenoxy) is 2. The molecule has 742 valence electrons. The number of morpholine rings is 1. The number of piperidine rings is 1. The van der Waals surface area contributed by atoms with Crippen molar-refractivity contribution in [3.8, 4) is 5.75 Å². The summed E-state index contributed by atoms with van der Waals surface area (Å²) in [6.07, 6.45) is 9.94. The highest BCUT2D eigenvalue weighted by molar-refractivity contribution is 5.97. The number of carbonyl (C=O) groups excluding carboxylic acids is 7. The largest absolute Gasteiger partial charge is 0.496 e. The van der Waals surface area contributed by atoms with E-state index in [2.05, 4.69) is 261 Å². The third-order valence-electron chi connectivity index (χ3n) is 26.5. The molecule has 6 aliphatic heterocycles. The Morgan fingerprint density at radius 1 is 0.363 bits per heavy atom. The average Bonchev–Trinajstić information content (AvgIpc) is 1.56. The molecular formula is C115H171N9O11. The molecule has 2 N–H and O–H groups in total. The zero-order valence-electron chi connectivity index (χ0n) is 87.9. The SMILES string of the molecule is CC(C)(C)c1ccc(C(=O)N2CCC(CO)CC2)cc1.CC(C)(C)c1ccc(C(=O)N2CCC(O)C2)cc1.CC(C)(C)c1ccc(CCC(=O)N2CCCC2)cc1.CC(C)(C)c1ccc(CCC(=O)N2CCOCC2)cc1.CN(C)C1CCN(C(=O)c2ccc(C(C)(C)C)cc2)C1.CN1CCN(C(=O)CCc2ccc(C(C)(C)C)cc2)CC1.COc1cc(C(C)(C)C)ccc1C(=O)N(C)C. The van der Waals surface area contributed by atoms with Gasteiger partial charge in [0.05, 0.1) is 32.0 Å². The van der Waals surface area contributed by atoms with E-state index in [1.165, 1.54) is 62.9 Å². The highest BCUT2D eigenvalue weighted by atomic mass is 16.5. The molecule has 7 amide bonds. The third-order valence-corrected chi connectivity index (χ3v) is 26.5. The van der Waals surface area contributed by atoms with Crippen LogP contribution in [0.25, 0.3) is 0 Å². The minimum Gasteiger partial charge on any atom is -0.496 e. The van der Waals surface area contributed by atoms with Gasteiger partial charge in [-0.05, 0) is 227 Å². The Kier molecular flexibility index (Phi) is 42.6. The Morgan fingerprint density at radius 2 is 0.667 bits per heavy atom. The number of aliphatic hydroxyl groups excluding tert-OH is 2. The molecular weight excluding hydrogens is 1680 g/mol. The van der Waals surface area contributed by atoms with Crippen molar-refractivity contribution in [2.45, 2.75) is 272 Å². The van der Waals surface area contributed by atoms with E-state index in [-0.39, 0.29) is 80.2 Å². The lowest BCUT2D eigenvalue weighted by Crippen LogP contribution is -2.47. The number of methoxy groups -OCH3 is 1. The molecule has 6 fully saturated rings. The quantitative estimate of drug-likeness (QED) is 0.0924. The normalized spacial score (nSPS) is 16.9. The summed E-state index contributed by atoms with van der Waals surface area (Å²) in [4.78, 5) is 103. The maximum atomic E-state index is 12.5. The van der Waals surface area contributed by atoms with Crippen molar-refractivity contribution < 1.29 is 53.2 Å². The number of hydrogen-bond donors (Lipinski definition) is 2. The number of benzene rings is 7. The second-order valence-electron chi connectivity index (χ2n) is 45.2. The highest BCUT2D eigenvalue weighted by Gasteiger charge is 2.32. The van der Waals surface area contributed by atoms with E-state index in [4.69, 9.17) is 14.6 Å². The molecule has 6 heterocycles. The van der Waals surface area contributed by atoms with Crippen LogP contribution in [0, 0.1) is 5.92 Å². The molecule has 0 aliphatic carbocycles. The summed E-state index contributed by atoms with van der Waals surface area (Å²) in [6.45, 7) is 58.9. The third kappa shape index (κ3) is 36.7. The van der Waals surface area contributed by atoms with Gasteiger partial charge in [-0.1, -0.05) is 261 Å². The number of carbonyl (C=O) groups is 7. The number of rotatable bonds is 16. The highest BCUT2D eigenvalue weighted by Crippen LogP contribution is 2.33. The van der Waals surface area contributed by atoms with Crippen molar-refractivity contribution >= 4 is 41.4 Å². The molecule has 2 atom stereocenters. The molecule has 0 bridgehead atoms. The summed E-state index contributed by atoms with van der Waals surface area (Å²) in [5.41, 5.74) is 16.5. The molecule has 2 unspecified atom stereocenters. The summed E-state index contributed by atoms with van der Waals surface area (Å²) in [5, 5.41) is 18.6. The second-order valence-corrected chi connectivity index (χ2v) is 45.2. The van der Waals surface area contributed by atoms with Crippen LogP contribution in [0.15, 0.2) is 164 Å². The van der Waals surface area contributed by atoms with E-state index in [0.717, 1.165) is 134 Å². The van der Waals surface area contributed by atoms with Gasteiger partial charge < -0.3 is 63.8 Å². The zero-order chi connectivity index (χ0) is 100.